The lowest BCUT2D eigenvalue weighted by molar-refractivity contribution is 0.0686. The first-order chi connectivity index (χ1) is 16.4. The largest absolute Gasteiger partial charge is 0.451 e. The van der Waals surface area contributed by atoms with Gasteiger partial charge in [-0.1, -0.05) is 102 Å². The van der Waals surface area contributed by atoms with E-state index in [-0.39, 0.29) is 15.9 Å². The van der Waals surface area contributed by atoms with E-state index in [0.29, 0.717) is 5.04 Å². The van der Waals surface area contributed by atoms with E-state index in [9.17, 15) is 0 Å². The monoisotopic (exact) mass is 558 g/mol. The van der Waals surface area contributed by atoms with Gasteiger partial charge in [0.2, 0.25) is 7.83 Å². The zero-order valence-corrected chi connectivity index (χ0v) is 30.8. The molecule has 0 aromatic carbocycles. The minimum Gasteiger partial charge on any atom is -0.451 e. The first-order valence-corrected chi connectivity index (χ1v) is 24.4. The summed E-state index contributed by atoms with van der Waals surface area (Å²) in [7, 11) is -6.36. The third-order valence-electron chi connectivity index (χ3n) is 12.0. The summed E-state index contributed by atoms with van der Waals surface area (Å²) >= 11 is 0. The Morgan fingerprint density at radius 1 is 0.622 bits per heavy atom. The van der Waals surface area contributed by atoms with Gasteiger partial charge in [-0.05, 0) is 106 Å². The third-order valence-corrected chi connectivity index (χ3v) is 37.3. The van der Waals surface area contributed by atoms with Crippen LogP contribution in [0.15, 0.2) is 21.5 Å². The van der Waals surface area contributed by atoms with Crippen LogP contribution in [0.4, 0.5) is 0 Å². The van der Waals surface area contributed by atoms with E-state index in [1.165, 1.54) is 32.1 Å². The van der Waals surface area contributed by atoms with Crippen molar-refractivity contribution in [1.29, 1.82) is 0 Å². The SMILES string of the molecule is CC(C)(C)C1=C(C(C)(C)C)[Si](O[Si](C)(C)C(C)(C)C)([Si](C)(C)C(C)(C)C)C1=C1C2CC3CC(C2)CC1C3. The second-order valence-electron chi connectivity index (χ2n) is 18.8. The van der Waals surface area contributed by atoms with Crippen LogP contribution in [0.2, 0.25) is 36.3 Å². The predicted molar refractivity (Wildman–Crippen MR) is 171 cm³/mol. The normalized spacial score (nSPS) is 33.4. The standard InChI is InChI=1S/C33H62OSi3/c1-30(2,3)27-28(26-24-18-22-17-23(20-24)21-25(26)19-22)37(29(27)31(4,5)6,36(15,16)33(10,11)12)34-35(13,14)32(7,8)9/h22-25H,17-21H2,1-16H3. The van der Waals surface area contributed by atoms with Gasteiger partial charge in [-0.3, -0.25) is 0 Å². The highest BCUT2D eigenvalue weighted by Gasteiger charge is 2.72. The first kappa shape index (κ1) is 30.1. The summed E-state index contributed by atoms with van der Waals surface area (Å²) < 4.78 is 8.27. The molecule has 1 aliphatic heterocycles. The van der Waals surface area contributed by atoms with Gasteiger partial charge in [0.1, 0.15) is 0 Å². The Morgan fingerprint density at radius 3 is 1.38 bits per heavy atom. The lowest BCUT2D eigenvalue weighted by atomic mass is 9.53. The molecule has 5 aliphatic rings. The average Bonchev–Trinajstić information content (AvgIpc) is 2.62. The molecule has 4 bridgehead atoms. The Kier molecular flexibility index (Phi) is 6.95. The maximum absolute atomic E-state index is 8.27. The summed E-state index contributed by atoms with van der Waals surface area (Å²) in [4.78, 5) is 0. The Bertz CT molecular complexity index is 970. The molecular formula is C33H62OSi3. The van der Waals surface area contributed by atoms with Crippen LogP contribution in [0, 0.1) is 34.5 Å². The quantitative estimate of drug-likeness (QED) is 0.313. The van der Waals surface area contributed by atoms with Gasteiger partial charge in [0, 0.05) is 0 Å². The van der Waals surface area contributed by atoms with Gasteiger partial charge in [0.05, 0.1) is 7.59 Å². The van der Waals surface area contributed by atoms with Crippen LogP contribution < -0.4 is 0 Å². The summed E-state index contributed by atoms with van der Waals surface area (Å²) in [6, 6.07) is 0. The Hall–Kier alpha value is 0.0906. The van der Waals surface area contributed by atoms with E-state index in [0.717, 1.165) is 23.7 Å². The molecule has 4 heteroatoms. The molecule has 5 rings (SSSR count). The van der Waals surface area contributed by atoms with E-state index in [2.05, 4.69) is 109 Å². The van der Waals surface area contributed by atoms with Crippen molar-refractivity contribution in [3.05, 3.63) is 21.5 Å². The number of hydrogen-bond donors (Lipinski definition) is 0. The zero-order chi connectivity index (χ0) is 28.4. The molecule has 4 fully saturated rings. The maximum Gasteiger partial charge on any atom is 0.226 e. The zero-order valence-electron chi connectivity index (χ0n) is 27.8. The molecule has 37 heavy (non-hydrogen) atoms. The fourth-order valence-electron chi connectivity index (χ4n) is 8.56. The van der Waals surface area contributed by atoms with Crippen molar-refractivity contribution in [2.75, 3.05) is 0 Å². The maximum atomic E-state index is 8.27. The number of allylic oxidation sites excluding steroid dienone is 4. The minimum atomic E-state index is -2.42. The highest BCUT2D eigenvalue weighted by molar-refractivity contribution is 7.48. The molecule has 0 amide bonds. The summed E-state index contributed by atoms with van der Waals surface area (Å²) in [5.74, 6) is 3.68. The molecule has 0 saturated heterocycles. The molecule has 1 nitrogen and oxygen atoms in total. The van der Waals surface area contributed by atoms with Crippen molar-refractivity contribution in [3.63, 3.8) is 0 Å². The van der Waals surface area contributed by atoms with Crippen molar-refractivity contribution in [2.24, 2.45) is 34.5 Å². The summed E-state index contributed by atoms with van der Waals surface area (Å²) in [5, 5.41) is 4.23. The van der Waals surface area contributed by atoms with Gasteiger partial charge >= 0.3 is 0 Å². The van der Waals surface area contributed by atoms with Gasteiger partial charge in [-0.15, -0.1) is 0 Å². The molecule has 4 saturated carbocycles. The van der Waals surface area contributed by atoms with E-state index < -0.39 is 23.7 Å². The molecule has 212 valence electrons. The van der Waals surface area contributed by atoms with Crippen LogP contribution in [0.5, 0.6) is 0 Å². The van der Waals surface area contributed by atoms with Crippen LogP contribution >= 0.6 is 0 Å². The summed E-state index contributed by atoms with van der Waals surface area (Å²) in [6.45, 7) is 40.8. The highest BCUT2D eigenvalue weighted by atomic mass is 29.3. The topological polar surface area (TPSA) is 9.23 Å². The lowest BCUT2D eigenvalue weighted by Crippen LogP contribution is -2.78. The Balaban J connectivity index is 2.15. The third kappa shape index (κ3) is 4.45. The molecule has 0 N–H and O–H groups in total. The summed E-state index contributed by atoms with van der Waals surface area (Å²) in [5.41, 5.74) is 4.02. The second kappa shape index (κ2) is 8.55. The summed E-state index contributed by atoms with van der Waals surface area (Å²) in [6.07, 6.45) is 7.40. The highest BCUT2D eigenvalue weighted by Crippen LogP contribution is 2.68. The smallest absolute Gasteiger partial charge is 0.226 e. The molecule has 0 spiro atoms. The van der Waals surface area contributed by atoms with E-state index in [4.69, 9.17) is 4.12 Å². The van der Waals surface area contributed by atoms with Crippen LogP contribution in [-0.2, 0) is 4.12 Å². The molecule has 1 heterocycles. The van der Waals surface area contributed by atoms with Crippen molar-refractivity contribution in [1.82, 2.24) is 0 Å². The molecule has 0 radical (unpaired) electrons. The van der Waals surface area contributed by atoms with E-state index >= 15 is 0 Å². The average molecular weight is 559 g/mol. The molecule has 0 aromatic heterocycles. The van der Waals surface area contributed by atoms with Gasteiger partial charge in [0.25, 0.3) is 0 Å². The first-order valence-electron chi connectivity index (χ1n) is 15.6. The molecule has 4 aliphatic carbocycles. The van der Waals surface area contributed by atoms with Gasteiger partial charge in [0.15, 0.2) is 8.32 Å². The van der Waals surface area contributed by atoms with Crippen molar-refractivity contribution >= 4 is 23.7 Å². The number of hydrogen-bond acceptors (Lipinski definition) is 1. The second-order valence-corrected chi connectivity index (χ2v) is 37.1. The molecule has 0 aromatic rings. The van der Waals surface area contributed by atoms with Gasteiger partial charge in [-0.25, -0.2) is 0 Å². The van der Waals surface area contributed by atoms with Crippen LogP contribution in [0.25, 0.3) is 0 Å². The van der Waals surface area contributed by atoms with Crippen molar-refractivity contribution in [2.45, 2.75) is 151 Å². The van der Waals surface area contributed by atoms with Crippen molar-refractivity contribution in [3.8, 4) is 0 Å². The molecular weight excluding hydrogens is 497 g/mol. The fourth-order valence-corrected chi connectivity index (χ4v) is 34.4. The van der Waals surface area contributed by atoms with Crippen LogP contribution in [-0.4, -0.2) is 23.7 Å². The van der Waals surface area contributed by atoms with E-state index in [1.807, 2.05) is 16.0 Å². The Labute approximate surface area is 234 Å². The number of rotatable bonds is 3. The molecule has 1 atom stereocenters. The lowest BCUT2D eigenvalue weighted by Gasteiger charge is -2.67. The predicted octanol–water partition coefficient (Wildman–Crippen LogP) is 10.8. The van der Waals surface area contributed by atoms with Gasteiger partial charge < -0.3 is 4.12 Å². The van der Waals surface area contributed by atoms with E-state index in [1.54, 1.807) is 5.57 Å². The van der Waals surface area contributed by atoms with Crippen LogP contribution in [0.3, 0.4) is 0 Å². The minimum absolute atomic E-state index is 0.142. The Morgan fingerprint density at radius 2 is 1.05 bits per heavy atom. The van der Waals surface area contributed by atoms with Gasteiger partial charge in [-0.2, -0.15) is 0 Å². The molecule has 1 unspecified atom stereocenters. The van der Waals surface area contributed by atoms with Crippen molar-refractivity contribution < 1.29 is 4.12 Å². The van der Waals surface area contributed by atoms with Crippen LogP contribution in [0.1, 0.15) is 115 Å². The fraction of sp³-hybridized carbons (Fsp3) is 0.879.